The van der Waals surface area contributed by atoms with E-state index in [1.807, 2.05) is 7.05 Å². The third-order valence-corrected chi connectivity index (χ3v) is 20.0. The van der Waals surface area contributed by atoms with Crippen molar-refractivity contribution in [2.75, 3.05) is 12.4 Å². The summed E-state index contributed by atoms with van der Waals surface area (Å²) in [5.74, 6) is 0.750. The quantitative estimate of drug-likeness (QED) is 0.555. The molecule has 0 aliphatic heterocycles. The second-order valence-electron chi connectivity index (χ2n) is 6.14. The van der Waals surface area contributed by atoms with Crippen LogP contribution in [0.15, 0.2) is 12.4 Å². The van der Waals surface area contributed by atoms with Crippen LogP contribution in [-0.2, 0) is 0 Å². The molecule has 0 unspecified atom stereocenters. The van der Waals surface area contributed by atoms with Crippen molar-refractivity contribution in [1.82, 2.24) is 9.97 Å². The number of nitrogens with zero attached hydrogens (tertiary/aromatic N) is 2. The SMILES string of the molecule is CCC[CH2][Sn]([CH2]CCC)([CH2]CCC)[c]1cnc(NC)nc1. The van der Waals surface area contributed by atoms with Gasteiger partial charge in [-0.2, -0.15) is 0 Å². The van der Waals surface area contributed by atoms with Gasteiger partial charge in [0.05, 0.1) is 0 Å². The molecule has 0 saturated heterocycles. The number of rotatable bonds is 11. The average molecular weight is 398 g/mol. The number of aromatic nitrogens is 2. The van der Waals surface area contributed by atoms with Gasteiger partial charge in [0, 0.05) is 0 Å². The third kappa shape index (κ3) is 5.76. The van der Waals surface area contributed by atoms with Gasteiger partial charge in [0.1, 0.15) is 0 Å². The van der Waals surface area contributed by atoms with Crippen LogP contribution in [0, 0.1) is 0 Å². The Bertz CT molecular complexity index is 356. The van der Waals surface area contributed by atoms with Gasteiger partial charge in [0.2, 0.25) is 0 Å². The fourth-order valence-corrected chi connectivity index (χ4v) is 18.5. The van der Waals surface area contributed by atoms with Crippen LogP contribution in [0.25, 0.3) is 0 Å². The molecule has 0 spiro atoms. The van der Waals surface area contributed by atoms with Crippen LogP contribution in [0.1, 0.15) is 59.3 Å². The Balaban J connectivity index is 3.02. The van der Waals surface area contributed by atoms with Gasteiger partial charge in [-0.1, -0.05) is 0 Å². The van der Waals surface area contributed by atoms with Crippen molar-refractivity contribution in [2.24, 2.45) is 0 Å². The first kappa shape index (κ1) is 18.7. The summed E-state index contributed by atoms with van der Waals surface area (Å²) in [6, 6.07) is 0. The minimum atomic E-state index is -2.30. The van der Waals surface area contributed by atoms with Gasteiger partial charge in [0.25, 0.3) is 0 Å². The van der Waals surface area contributed by atoms with E-state index in [0.29, 0.717) is 0 Å². The Morgan fingerprint density at radius 2 is 1.29 bits per heavy atom. The second-order valence-corrected chi connectivity index (χ2v) is 19.4. The summed E-state index contributed by atoms with van der Waals surface area (Å²) >= 11 is -2.30. The van der Waals surface area contributed by atoms with Crippen molar-refractivity contribution >= 4 is 27.9 Å². The predicted molar refractivity (Wildman–Crippen MR) is 96.1 cm³/mol. The van der Waals surface area contributed by atoms with E-state index in [0.717, 1.165) is 5.95 Å². The monoisotopic (exact) mass is 399 g/mol. The van der Waals surface area contributed by atoms with Crippen LogP contribution in [0.2, 0.25) is 13.3 Å². The molecule has 1 heterocycles. The molecule has 1 N–H and O–H groups in total. The summed E-state index contributed by atoms with van der Waals surface area (Å²) in [5.41, 5.74) is 0. The zero-order valence-corrected chi connectivity index (χ0v) is 17.3. The Morgan fingerprint density at radius 3 is 1.62 bits per heavy atom. The molecule has 0 atom stereocenters. The molecule has 21 heavy (non-hydrogen) atoms. The van der Waals surface area contributed by atoms with E-state index in [-0.39, 0.29) is 0 Å². The zero-order valence-electron chi connectivity index (χ0n) is 14.4. The van der Waals surface area contributed by atoms with Gasteiger partial charge in [-0.25, -0.2) is 0 Å². The van der Waals surface area contributed by atoms with E-state index in [4.69, 9.17) is 0 Å². The van der Waals surface area contributed by atoms with Crippen LogP contribution >= 0.6 is 0 Å². The molecule has 1 aromatic heterocycles. The molecule has 0 aliphatic rings. The second kappa shape index (κ2) is 10.4. The molecule has 0 bridgehead atoms. The molecule has 0 aliphatic carbocycles. The van der Waals surface area contributed by atoms with Crippen molar-refractivity contribution in [3.63, 3.8) is 0 Å². The summed E-state index contributed by atoms with van der Waals surface area (Å²) in [4.78, 5) is 9.04. The number of hydrogen-bond donors (Lipinski definition) is 1. The Kier molecular flexibility index (Phi) is 9.29. The van der Waals surface area contributed by atoms with E-state index in [1.165, 1.54) is 51.8 Å². The zero-order chi connectivity index (χ0) is 15.6. The maximum atomic E-state index is 4.52. The van der Waals surface area contributed by atoms with E-state index in [9.17, 15) is 0 Å². The first-order chi connectivity index (χ1) is 10.2. The molecule has 0 aromatic carbocycles. The van der Waals surface area contributed by atoms with Gasteiger partial charge in [0.15, 0.2) is 0 Å². The number of nitrogens with one attached hydrogen (secondary N) is 1. The standard InChI is InChI=1S/C5H6N3.3C4H9.Sn/c1-6-5-7-3-2-4-8-5;3*1-3-4-2;/h3-4H,1H3,(H,6,7,8);3*1,3-4H2,2H3;. The summed E-state index contributed by atoms with van der Waals surface area (Å²) in [7, 11) is 1.89. The fourth-order valence-electron chi connectivity index (χ4n) is 3.08. The van der Waals surface area contributed by atoms with Crippen LogP contribution in [0.4, 0.5) is 5.95 Å². The molecule has 0 saturated carbocycles. The first-order valence-electron chi connectivity index (χ1n) is 8.72. The van der Waals surface area contributed by atoms with Gasteiger partial charge in [-0.3, -0.25) is 0 Å². The number of hydrogen-bond acceptors (Lipinski definition) is 3. The molecule has 0 radical (unpaired) electrons. The van der Waals surface area contributed by atoms with Crippen LogP contribution < -0.4 is 8.90 Å². The van der Waals surface area contributed by atoms with Crippen molar-refractivity contribution in [2.45, 2.75) is 72.6 Å². The number of anilines is 1. The molecule has 0 amide bonds. The van der Waals surface area contributed by atoms with Crippen molar-refractivity contribution < 1.29 is 0 Å². The molecule has 0 fully saturated rings. The van der Waals surface area contributed by atoms with Crippen molar-refractivity contribution in [3.05, 3.63) is 12.4 Å². The van der Waals surface area contributed by atoms with Crippen LogP contribution in [0.5, 0.6) is 0 Å². The van der Waals surface area contributed by atoms with Crippen molar-refractivity contribution in [3.8, 4) is 0 Å². The van der Waals surface area contributed by atoms with Crippen LogP contribution in [0.3, 0.4) is 0 Å². The first-order valence-corrected chi connectivity index (χ1v) is 16.2. The molecule has 1 aromatic rings. The Morgan fingerprint density at radius 1 is 0.857 bits per heavy atom. The van der Waals surface area contributed by atoms with Gasteiger partial charge >= 0.3 is 135 Å². The van der Waals surface area contributed by atoms with Crippen molar-refractivity contribution in [1.29, 1.82) is 0 Å². The molecule has 1 rings (SSSR count). The summed E-state index contributed by atoms with van der Waals surface area (Å²) in [5, 5.41) is 3.04. The van der Waals surface area contributed by atoms with Gasteiger partial charge in [-0.05, 0) is 0 Å². The summed E-state index contributed by atoms with van der Waals surface area (Å²) < 4.78 is 5.99. The minimum absolute atomic E-state index is 0.750. The number of unbranched alkanes of at least 4 members (excludes halogenated alkanes) is 3. The van der Waals surface area contributed by atoms with Gasteiger partial charge in [-0.15, -0.1) is 0 Å². The molecule has 4 heteroatoms. The van der Waals surface area contributed by atoms with Crippen LogP contribution in [-0.4, -0.2) is 35.4 Å². The molecular weight excluding hydrogens is 365 g/mol. The van der Waals surface area contributed by atoms with E-state index < -0.39 is 18.4 Å². The Hall–Kier alpha value is -0.321. The maximum absolute atomic E-state index is 4.52. The summed E-state index contributed by atoms with van der Waals surface area (Å²) in [6.07, 6.45) is 12.4. The average Bonchev–Trinajstić information content (AvgIpc) is 2.55. The fraction of sp³-hybridized carbons (Fsp3) is 0.765. The molecule has 120 valence electrons. The normalized spacial score (nSPS) is 11.6. The van der Waals surface area contributed by atoms with E-state index >= 15 is 0 Å². The van der Waals surface area contributed by atoms with Gasteiger partial charge < -0.3 is 0 Å². The molecule has 3 nitrogen and oxygen atoms in total. The Labute approximate surface area is 135 Å². The predicted octanol–water partition coefficient (Wildman–Crippen LogP) is 4.57. The summed E-state index contributed by atoms with van der Waals surface area (Å²) in [6.45, 7) is 6.95. The molecular formula is C17H33N3Sn. The van der Waals surface area contributed by atoms with E-state index in [2.05, 4.69) is 48.4 Å². The topological polar surface area (TPSA) is 37.8 Å². The van der Waals surface area contributed by atoms with E-state index in [1.54, 1.807) is 3.58 Å². The third-order valence-electron chi connectivity index (χ3n) is 4.51.